The Kier molecular flexibility index (Phi) is 6.09. The first kappa shape index (κ1) is 21.1. The van der Waals surface area contributed by atoms with Crippen LogP contribution in [0.3, 0.4) is 0 Å². The van der Waals surface area contributed by atoms with E-state index in [-0.39, 0.29) is 22.9 Å². The summed E-state index contributed by atoms with van der Waals surface area (Å²) in [6, 6.07) is 11.3. The van der Waals surface area contributed by atoms with Gasteiger partial charge in [-0.25, -0.2) is 8.42 Å². The van der Waals surface area contributed by atoms with Crippen molar-refractivity contribution in [2.24, 2.45) is 0 Å². The molecule has 1 aliphatic rings. The molecule has 0 atom stereocenters. The minimum absolute atomic E-state index is 0.0358. The number of nitrogens with zero attached hydrogens (tertiary/aromatic N) is 3. The number of benzene rings is 2. The van der Waals surface area contributed by atoms with Gasteiger partial charge in [-0.05, 0) is 29.8 Å². The molecule has 3 rings (SSSR count). The molecule has 1 heterocycles. The summed E-state index contributed by atoms with van der Waals surface area (Å²) >= 11 is 5.86. The van der Waals surface area contributed by atoms with Gasteiger partial charge in [0.25, 0.3) is 0 Å². The van der Waals surface area contributed by atoms with Gasteiger partial charge in [0.2, 0.25) is 5.91 Å². The molecule has 1 amide bonds. The molecule has 2 aromatic carbocycles. The van der Waals surface area contributed by atoms with Crippen LogP contribution in [0.4, 0.5) is 11.4 Å². The summed E-state index contributed by atoms with van der Waals surface area (Å²) in [6.45, 7) is 1.54. The van der Waals surface area contributed by atoms with Gasteiger partial charge in [0, 0.05) is 37.5 Å². The second-order valence-corrected chi connectivity index (χ2v) is 9.24. The van der Waals surface area contributed by atoms with Gasteiger partial charge < -0.3 is 9.80 Å². The molecule has 0 saturated carbocycles. The Balaban J connectivity index is 1.73. The van der Waals surface area contributed by atoms with E-state index in [0.29, 0.717) is 31.2 Å². The van der Waals surface area contributed by atoms with E-state index in [0.717, 1.165) is 11.8 Å². The number of nitro benzene ring substituents is 1. The highest BCUT2D eigenvalue weighted by Gasteiger charge is 2.31. The van der Waals surface area contributed by atoms with Crippen molar-refractivity contribution in [2.75, 3.05) is 37.3 Å². The van der Waals surface area contributed by atoms with Crippen LogP contribution >= 0.6 is 11.6 Å². The van der Waals surface area contributed by atoms with Crippen LogP contribution in [0.5, 0.6) is 0 Å². The van der Waals surface area contributed by atoms with Crippen molar-refractivity contribution in [3.05, 3.63) is 63.2 Å². The summed E-state index contributed by atoms with van der Waals surface area (Å²) < 4.78 is 23.9. The van der Waals surface area contributed by atoms with Gasteiger partial charge in [-0.15, -0.1) is 0 Å². The lowest BCUT2D eigenvalue weighted by molar-refractivity contribution is -0.387. The third-order valence-electron chi connectivity index (χ3n) is 4.80. The maximum Gasteiger partial charge on any atom is 0.311 e. The summed E-state index contributed by atoms with van der Waals surface area (Å²) in [6.07, 6.45) is 1.20. The molecular weight excluding hydrogens is 418 g/mol. The Morgan fingerprint density at radius 1 is 1.10 bits per heavy atom. The average molecular weight is 438 g/mol. The molecule has 1 fully saturated rings. The predicted molar refractivity (Wildman–Crippen MR) is 110 cm³/mol. The van der Waals surface area contributed by atoms with Crippen molar-refractivity contribution in [1.29, 1.82) is 0 Å². The molecule has 154 valence electrons. The Bertz CT molecular complexity index is 1030. The van der Waals surface area contributed by atoms with Gasteiger partial charge in [-0.3, -0.25) is 14.9 Å². The number of nitro groups is 1. The van der Waals surface area contributed by atoms with Crippen molar-refractivity contribution in [2.45, 2.75) is 11.3 Å². The van der Waals surface area contributed by atoms with Crippen molar-refractivity contribution < 1.29 is 18.1 Å². The lowest BCUT2D eigenvalue weighted by atomic mass is 10.1. The maximum atomic E-state index is 12.5. The molecule has 0 aliphatic carbocycles. The second kappa shape index (κ2) is 8.38. The van der Waals surface area contributed by atoms with Crippen LogP contribution in [0, 0.1) is 10.1 Å². The van der Waals surface area contributed by atoms with Crippen molar-refractivity contribution in [1.82, 2.24) is 4.90 Å². The van der Waals surface area contributed by atoms with Crippen LogP contribution in [-0.2, 0) is 21.1 Å². The van der Waals surface area contributed by atoms with Crippen molar-refractivity contribution in [3.63, 3.8) is 0 Å². The number of carbonyl (C=O) groups excluding carboxylic acids is 1. The molecule has 0 radical (unpaired) electrons. The molecule has 10 heteroatoms. The highest BCUT2D eigenvalue weighted by atomic mass is 35.5. The second-order valence-electron chi connectivity index (χ2n) is 6.82. The average Bonchev–Trinajstić information content (AvgIpc) is 2.68. The number of para-hydroxylation sites is 1. The van der Waals surface area contributed by atoms with Gasteiger partial charge in [-0.1, -0.05) is 29.8 Å². The smallest absolute Gasteiger partial charge is 0.311 e. The highest BCUT2D eigenvalue weighted by Crippen LogP contribution is 2.35. The van der Waals surface area contributed by atoms with Crippen LogP contribution in [-0.4, -0.2) is 56.6 Å². The summed E-state index contributed by atoms with van der Waals surface area (Å²) in [4.78, 5) is 26.6. The fraction of sp³-hybridized carbons (Fsp3) is 0.316. The Labute approximate surface area is 173 Å². The van der Waals surface area contributed by atoms with Crippen molar-refractivity contribution >= 4 is 38.7 Å². The Hall–Kier alpha value is -2.65. The zero-order valence-electron chi connectivity index (χ0n) is 15.7. The Morgan fingerprint density at radius 2 is 1.72 bits per heavy atom. The fourth-order valence-corrected chi connectivity index (χ4v) is 4.32. The molecule has 0 aromatic heterocycles. The molecule has 2 aromatic rings. The van der Waals surface area contributed by atoms with Gasteiger partial charge in [0.05, 0.1) is 11.3 Å². The van der Waals surface area contributed by atoms with E-state index in [1.807, 2.05) is 0 Å². The van der Waals surface area contributed by atoms with Gasteiger partial charge in [-0.2, -0.15) is 0 Å². The minimum Gasteiger partial charge on any atom is -0.362 e. The summed E-state index contributed by atoms with van der Waals surface area (Å²) in [5.41, 5.74) is 0.692. The monoisotopic (exact) mass is 437 g/mol. The zero-order chi connectivity index (χ0) is 21.2. The molecule has 29 heavy (non-hydrogen) atoms. The number of rotatable bonds is 5. The lowest BCUT2D eigenvalue weighted by Crippen LogP contribution is -2.49. The van der Waals surface area contributed by atoms with E-state index in [4.69, 9.17) is 11.6 Å². The first-order valence-corrected chi connectivity index (χ1v) is 11.2. The molecule has 0 unspecified atom stereocenters. The molecule has 1 aliphatic heterocycles. The third kappa shape index (κ3) is 4.86. The van der Waals surface area contributed by atoms with Crippen LogP contribution in [0.1, 0.15) is 5.56 Å². The van der Waals surface area contributed by atoms with Crippen molar-refractivity contribution in [3.8, 4) is 0 Å². The summed E-state index contributed by atoms with van der Waals surface area (Å²) in [7, 11) is -3.74. The number of hydrogen-bond donors (Lipinski definition) is 0. The largest absolute Gasteiger partial charge is 0.362 e. The number of piperazine rings is 1. The first-order valence-electron chi connectivity index (χ1n) is 8.91. The van der Waals surface area contributed by atoms with Gasteiger partial charge >= 0.3 is 5.69 Å². The normalized spacial score (nSPS) is 14.7. The summed E-state index contributed by atoms with van der Waals surface area (Å²) in [5.74, 6) is -0.0358. The third-order valence-corrected chi connectivity index (χ3v) is 6.18. The SMILES string of the molecule is CS(=O)(=O)c1cccc(N2CCN(C(=O)Cc3ccc(Cl)cc3)CC2)c1[N+](=O)[O-]. The van der Waals surface area contributed by atoms with Crippen LogP contribution in [0.25, 0.3) is 0 Å². The van der Waals surface area contributed by atoms with Gasteiger partial charge in [0.1, 0.15) is 10.6 Å². The number of sulfone groups is 1. The van der Waals surface area contributed by atoms with E-state index >= 15 is 0 Å². The predicted octanol–water partition coefficient (Wildman–Crippen LogP) is 2.54. The zero-order valence-corrected chi connectivity index (χ0v) is 17.3. The molecule has 0 N–H and O–H groups in total. The molecule has 0 bridgehead atoms. The van der Waals surface area contributed by atoms with E-state index in [1.54, 1.807) is 34.1 Å². The maximum absolute atomic E-state index is 12.5. The molecule has 0 spiro atoms. The van der Waals surface area contributed by atoms with E-state index in [1.165, 1.54) is 18.2 Å². The van der Waals surface area contributed by atoms with Gasteiger partial charge in [0.15, 0.2) is 9.84 Å². The number of amides is 1. The lowest BCUT2D eigenvalue weighted by Gasteiger charge is -2.36. The highest BCUT2D eigenvalue weighted by molar-refractivity contribution is 7.90. The standard InChI is InChI=1S/C19H20ClN3O5S/c1-29(27,28)17-4-2-3-16(19(17)23(25)26)21-9-11-22(12-10-21)18(24)13-14-5-7-15(20)8-6-14/h2-8H,9-13H2,1H3. The number of anilines is 1. The van der Waals surface area contributed by atoms with E-state index in [9.17, 15) is 23.3 Å². The van der Waals surface area contributed by atoms with Crippen LogP contribution in [0.2, 0.25) is 5.02 Å². The van der Waals surface area contributed by atoms with Crippen LogP contribution in [0.15, 0.2) is 47.4 Å². The quantitative estimate of drug-likeness (QED) is 0.526. The minimum atomic E-state index is -3.74. The summed E-state index contributed by atoms with van der Waals surface area (Å²) in [5, 5.41) is 12.2. The fourth-order valence-electron chi connectivity index (χ4n) is 3.33. The Morgan fingerprint density at radius 3 is 2.28 bits per heavy atom. The van der Waals surface area contributed by atoms with Crippen LogP contribution < -0.4 is 4.90 Å². The molecular formula is C19H20ClN3O5S. The molecule has 8 nitrogen and oxygen atoms in total. The van der Waals surface area contributed by atoms with E-state index < -0.39 is 20.4 Å². The topological polar surface area (TPSA) is 101 Å². The number of halogens is 1. The number of carbonyl (C=O) groups is 1. The number of hydrogen-bond acceptors (Lipinski definition) is 6. The first-order chi connectivity index (χ1) is 13.7. The van der Waals surface area contributed by atoms with E-state index in [2.05, 4.69) is 0 Å². The molecule has 1 saturated heterocycles.